The number of carboxylic acids is 1. The van der Waals surface area contributed by atoms with E-state index in [4.69, 9.17) is 16.7 Å². The number of carboxylic acid groups (broad SMARTS) is 1. The predicted octanol–water partition coefficient (Wildman–Crippen LogP) is 4.42. The normalized spacial score (nSPS) is 23.1. The third-order valence-corrected chi connectivity index (χ3v) is 4.31. The molecular formula is C15H20ClNO2. The Morgan fingerprint density at radius 1 is 1.42 bits per heavy atom. The molecule has 2 rings (SSSR count). The number of benzene rings is 1. The van der Waals surface area contributed by atoms with Gasteiger partial charge in [-0.2, -0.15) is 0 Å². The van der Waals surface area contributed by atoms with Gasteiger partial charge in [-0.15, -0.1) is 0 Å². The van der Waals surface area contributed by atoms with E-state index in [1.807, 2.05) is 6.07 Å². The van der Waals surface area contributed by atoms with Gasteiger partial charge in [-0.1, -0.05) is 37.8 Å². The van der Waals surface area contributed by atoms with Crippen LogP contribution < -0.4 is 5.32 Å². The second-order valence-corrected chi connectivity index (χ2v) is 5.61. The Hall–Kier alpha value is -1.22. The van der Waals surface area contributed by atoms with Crippen molar-refractivity contribution in [2.45, 2.75) is 45.1 Å². The highest BCUT2D eigenvalue weighted by Gasteiger charge is 2.23. The van der Waals surface area contributed by atoms with Crippen molar-refractivity contribution in [3.63, 3.8) is 0 Å². The predicted molar refractivity (Wildman–Crippen MR) is 78.1 cm³/mol. The molecule has 2 unspecified atom stereocenters. The van der Waals surface area contributed by atoms with E-state index in [0.29, 0.717) is 12.0 Å². The summed E-state index contributed by atoms with van der Waals surface area (Å²) >= 11 is 5.88. The second kappa shape index (κ2) is 6.29. The van der Waals surface area contributed by atoms with E-state index in [1.165, 1.54) is 19.3 Å². The zero-order valence-electron chi connectivity index (χ0n) is 11.2. The Labute approximate surface area is 119 Å². The van der Waals surface area contributed by atoms with Gasteiger partial charge in [-0.05, 0) is 37.0 Å². The van der Waals surface area contributed by atoms with Crippen LogP contribution >= 0.6 is 11.6 Å². The van der Waals surface area contributed by atoms with E-state index in [9.17, 15) is 4.79 Å². The molecule has 1 aromatic rings. The van der Waals surface area contributed by atoms with Crippen molar-refractivity contribution in [2.24, 2.45) is 5.92 Å². The Bertz CT molecular complexity index is 461. The summed E-state index contributed by atoms with van der Waals surface area (Å²) in [6, 6.07) is 5.58. The topological polar surface area (TPSA) is 49.3 Å². The van der Waals surface area contributed by atoms with Crippen molar-refractivity contribution < 1.29 is 9.90 Å². The minimum absolute atomic E-state index is 0.163. The SMILES string of the molecule is CCC1CCCCC1Nc1ccc(Cl)c(C(=O)O)c1. The number of halogens is 1. The number of hydrogen-bond acceptors (Lipinski definition) is 2. The molecule has 4 heteroatoms. The van der Waals surface area contributed by atoms with Crippen LogP contribution in [0.4, 0.5) is 5.69 Å². The summed E-state index contributed by atoms with van der Waals surface area (Å²) in [4.78, 5) is 11.1. The molecule has 0 bridgehead atoms. The Balaban J connectivity index is 2.14. The van der Waals surface area contributed by atoms with Crippen molar-refractivity contribution in [3.05, 3.63) is 28.8 Å². The van der Waals surface area contributed by atoms with Crippen molar-refractivity contribution in [2.75, 3.05) is 5.32 Å². The van der Waals surface area contributed by atoms with Gasteiger partial charge in [0.1, 0.15) is 0 Å². The number of rotatable bonds is 4. The van der Waals surface area contributed by atoms with Gasteiger partial charge < -0.3 is 10.4 Å². The summed E-state index contributed by atoms with van der Waals surface area (Å²) in [6.07, 6.45) is 6.12. The maximum Gasteiger partial charge on any atom is 0.337 e. The fraction of sp³-hybridized carbons (Fsp3) is 0.533. The van der Waals surface area contributed by atoms with Gasteiger partial charge in [0.15, 0.2) is 0 Å². The van der Waals surface area contributed by atoms with E-state index in [0.717, 1.165) is 18.5 Å². The zero-order chi connectivity index (χ0) is 13.8. The molecular weight excluding hydrogens is 262 g/mol. The Kier molecular flexibility index (Phi) is 4.70. The molecule has 0 aromatic heterocycles. The molecule has 3 nitrogen and oxygen atoms in total. The van der Waals surface area contributed by atoms with Crippen LogP contribution in [-0.4, -0.2) is 17.1 Å². The third kappa shape index (κ3) is 3.41. The highest BCUT2D eigenvalue weighted by atomic mass is 35.5. The third-order valence-electron chi connectivity index (χ3n) is 3.98. The van der Waals surface area contributed by atoms with Gasteiger partial charge in [0, 0.05) is 11.7 Å². The lowest BCUT2D eigenvalue weighted by Gasteiger charge is -2.32. The average molecular weight is 282 g/mol. The molecule has 19 heavy (non-hydrogen) atoms. The molecule has 0 aliphatic heterocycles. The first-order chi connectivity index (χ1) is 9.11. The first-order valence-electron chi connectivity index (χ1n) is 6.91. The van der Waals surface area contributed by atoms with Gasteiger partial charge in [-0.25, -0.2) is 4.79 Å². The summed E-state index contributed by atoms with van der Waals surface area (Å²) in [5, 5.41) is 12.9. The van der Waals surface area contributed by atoms with E-state index in [1.54, 1.807) is 12.1 Å². The van der Waals surface area contributed by atoms with Crippen molar-refractivity contribution >= 4 is 23.3 Å². The summed E-state index contributed by atoms with van der Waals surface area (Å²) < 4.78 is 0. The van der Waals surface area contributed by atoms with Crippen molar-refractivity contribution in [3.8, 4) is 0 Å². The second-order valence-electron chi connectivity index (χ2n) is 5.20. The molecule has 1 aliphatic rings. The molecule has 0 amide bonds. The molecule has 0 spiro atoms. The summed E-state index contributed by atoms with van der Waals surface area (Å²) in [5.41, 5.74) is 1.02. The lowest BCUT2D eigenvalue weighted by atomic mass is 9.83. The lowest BCUT2D eigenvalue weighted by molar-refractivity contribution is 0.0697. The van der Waals surface area contributed by atoms with Crippen LogP contribution in [-0.2, 0) is 0 Å². The molecule has 1 aromatic carbocycles. The fourth-order valence-electron chi connectivity index (χ4n) is 2.88. The van der Waals surface area contributed by atoms with E-state index >= 15 is 0 Å². The molecule has 104 valence electrons. The molecule has 2 atom stereocenters. The van der Waals surface area contributed by atoms with Crippen LogP contribution in [0, 0.1) is 5.92 Å². The van der Waals surface area contributed by atoms with E-state index in [-0.39, 0.29) is 10.6 Å². The van der Waals surface area contributed by atoms with Crippen LogP contribution in [0.15, 0.2) is 18.2 Å². The smallest absolute Gasteiger partial charge is 0.337 e. The quantitative estimate of drug-likeness (QED) is 0.859. The molecule has 0 heterocycles. The number of anilines is 1. The highest BCUT2D eigenvalue weighted by molar-refractivity contribution is 6.33. The largest absolute Gasteiger partial charge is 0.478 e. The van der Waals surface area contributed by atoms with Gasteiger partial charge in [0.2, 0.25) is 0 Å². The van der Waals surface area contributed by atoms with Gasteiger partial charge in [-0.3, -0.25) is 0 Å². The van der Waals surface area contributed by atoms with Crippen molar-refractivity contribution in [1.29, 1.82) is 0 Å². The monoisotopic (exact) mass is 281 g/mol. The number of nitrogens with one attached hydrogen (secondary N) is 1. The summed E-state index contributed by atoms with van der Waals surface area (Å²) in [7, 11) is 0. The van der Waals surface area contributed by atoms with Crippen LogP contribution in [0.3, 0.4) is 0 Å². The highest BCUT2D eigenvalue weighted by Crippen LogP contribution is 2.30. The molecule has 1 aliphatic carbocycles. The minimum atomic E-state index is -0.982. The zero-order valence-corrected chi connectivity index (χ0v) is 11.9. The van der Waals surface area contributed by atoms with Crippen LogP contribution in [0.2, 0.25) is 5.02 Å². The van der Waals surface area contributed by atoms with Crippen LogP contribution in [0.5, 0.6) is 0 Å². The summed E-state index contributed by atoms with van der Waals surface area (Å²) in [5.74, 6) is -0.304. The molecule has 1 saturated carbocycles. The first kappa shape index (κ1) is 14.2. The van der Waals surface area contributed by atoms with E-state index in [2.05, 4.69) is 12.2 Å². The molecule has 1 fully saturated rings. The molecule has 2 N–H and O–H groups in total. The lowest BCUT2D eigenvalue weighted by Crippen LogP contribution is -2.31. The number of aromatic carboxylic acids is 1. The molecule has 0 saturated heterocycles. The van der Waals surface area contributed by atoms with Gasteiger partial charge >= 0.3 is 5.97 Å². The van der Waals surface area contributed by atoms with Gasteiger partial charge in [0.05, 0.1) is 10.6 Å². The fourth-order valence-corrected chi connectivity index (χ4v) is 3.08. The maximum atomic E-state index is 11.1. The maximum absolute atomic E-state index is 11.1. The minimum Gasteiger partial charge on any atom is -0.478 e. The number of carbonyl (C=O) groups is 1. The Morgan fingerprint density at radius 3 is 2.84 bits per heavy atom. The van der Waals surface area contributed by atoms with E-state index < -0.39 is 5.97 Å². The van der Waals surface area contributed by atoms with Crippen molar-refractivity contribution in [1.82, 2.24) is 0 Å². The summed E-state index contributed by atoms with van der Waals surface area (Å²) in [6.45, 7) is 2.22. The van der Waals surface area contributed by atoms with Crippen LogP contribution in [0.1, 0.15) is 49.4 Å². The number of hydrogen-bond donors (Lipinski definition) is 2. The molecule has 0 radical (unpaired) electrons. The average Bonchev–Trinajstić information content (AvgIpc) is 2.41. The van der Waals surface area contributed by atoms with Gasteiger partial charge in [0.25, 0.3) is 0 Å². The Morgan fingerprint density at radius 2 is 2.16 bits per heavy atom. The standard InChI is InChI=1S/C15H20ClNO2/c1-2-10-5-3-4-6-14(10)17-11-7-8-13(16)12(9-11)15(18)19/h7-10,14,17H,2-6H2,1H3,(H,18,19). The van der Waals surface area contributed by atoms with Crippen LogP contribution in [0.25, 0.3) is 0 Å². The first-order valence-corrected chi connectivity index (χ1v) is 7.29.